The normalized spacial score (nSPS) is 21.2. The smallest absolute Gasteiger partial charge is 0.298 e. The molecule has 0 bridgehead atoms. The number of ether oxygens (including phenoxy) is 1. The number of carbonyl (C=O) groups excluding carboxylic acids is 1. The Morgan fingerprint density at radius 3 is 2.69 bits per heavy atom. The number of likely N-dealkylation sites (tertiary alicyclic amines) is 1. The Hall–Kier alpha value is -3.98. The number of nitrogens with zero attached hydrogens (tertiary/aromatic N) is 3. The monoisotopic (exact) mass is 424 g/mol. The van der Waals surface area contributed by atoms with Crippen LogP contribution in [0, 0.1) is 17.8 Å². The third-order valence-electron chi connectivity index (χ3n) is 5.95. The number of fused-ring (bicyclic) bond motifs is 1. The molecular formula is C26H24N4O2. The van der Waals surface area contributed by atoms with Gasteiger partial charge in [-0.05, 0) is 55.7 Å². The number of carbonyl (C=O) groups is 1. The number of hydrogen-bond donors (Lipinski definition) is 1. The molecule has 0 aliphatic carbocycles. The molecule has 0 radical (unpaired) electrons. The predicted molar refractivity (Wildman–Crippen MR) is 124 cm³/mol. The molecule has 2 atom stereocenters. The van der Waals surface area contributed by atoms with Gasteiger partial charge in [-0.15, -0.1) is 0 Å². The summed E-state index contributed by atoms with van der Waals surface area (Å²) in [6.45, 7) is 3.12. The van der Waals surface area contributed by atoms with Crippen LogP contribution in [0.4, 0.5) is 0 Å². The first kappa shape index (κ1) is 20.0. The summed E-state index contributed by atoms with van der Waals surface area (Å²) in [7, 11) is 0. The molecule has 5 rings (SSSR count). The Kier molecular flexibility index (Phi) is 5.39. The lowest BCUT2D eigenvalue weighted by atomic mass is 10.0. The number of hydrogen-bond acceptors (Lipinski definition) is 5. The van der Waals surface area contributed by atoms with E-state index in [4.69, 9.17) is 4.74 Å². The van der Waals surface area contributed by atoms with Crippen LogP contribution in [0.2, 0.25) is 0 Å². The van der Waals surface area contributed by atoms with Gasteiger partial charge in [0.25, 0.3) is 5.91 Å². The molecule has 3 aliphatic heterocycles. The lowest BCUT2D eigenvalue weighted by Gasteiger charge is -2.30. The summed E-state index contributed by atoms with van der Waals surface area (Å²) >= 11 is 0. The Balaban J connectivity index is 1.34. The molecular weight excluding hydrogens is 400 g/mol. The van der Waals surface area contributed by atoms with Crippen LogP contribution in [-0.2, 0) is 4.79 Å². The summed E-state index contributed by atoms with van der Waals surface area (Å²) in [6, 6.07) is 17.8. The molecule has 1 amide bonds. The minimum Gasteiger partial charge on any atom is -0.457 e. The van der Waals surface area contributed by atoms with Gasteiger partial charge in [-0.25, -0.2) is 0 Å². The van der Waals surface area contributed by atoms with E-state index in [1.165, 1.54) is 0 Å². The average Bonchev–Trinajstić information content (AvgIpc) is 3.46. The molecule has 1 fully saturated rings. The molecule has 1 saturated heterocycles. The maximum absolute atomic E-state index is 12.2. The zero-order valence-corrected chi connectivity index (χ0v) is 17.9. The zero-order valence-electron chi connectivity index (χ0n) is 17.9. The second-order valence-corrected chi connectivity index (χ2v) is 7.95. The number of amides is 1. The number of nitrogens with one attached hydrogen (secondary N) is 1. The number of rotatable bonds is 4. The lowest BCUT2D eigenvalue weighted by Crippen LogP contribution is -2.43. The Morgan fingerprint density at radius 2 is 1.91 bits per heavy atom. The van der Waals surface area contributed by atoms with Crippen molar-refractivity contribution in [3.63, 3.8) is 0 Å². The number of allylic oxidation sites excluding steroid dienone is 1. The van der Waals surface area contributed by atoms with Crippen molar-refractivity contribution in [2.24, 2.45) is 10.9 Å². The van der Waals surface area contributed by atoms with Crippen LogP contribution in [0.25, 0.3) is 5.70 Å². The summed E-state index contributed by atoms with van der Waals surface area (Å²) in [5.74, 6) is 7.17. The fraction of sp³-hybridized carbons (Fsp3) is 0.231. The second-order valence-electron chi connectivity index (χ2n) is 7.95. The van der Waals surface area contributed by atoms with Crippen LogP contribution in [0.5, 0.6) is 11.5 Å². The summed E-state index contributed by atoms with van der Waals surface area (Å²) < 4.78 is 5.93. The van der Waals surface area contributed by atoms with E-state index in [2.05, 4.69) is 39.2 Å². The van der Waals surface area contributed by atoms with Crippen LogP contribution in [0.3, 0.4) is 0 Å². The van der Waals surface area contributed by atoms with Crippen LogP contribution < -0.4 is 10.1 Å². The molecule has 6 nitrogen and oxygen atoms in total. The van der Waals surface area contributed by atoms with Crippen molar-refractivity contribution < 1.29 is 9.53 Å². The molecule has 0 spiro atoms. The molecule has 0 saturated carbocycles. The van der Waals surface area contributed by atoms with E-state index in [0.29, 0.717) is 12.5 Å². The summed E-state index contributed by atoms with van der Waals surface area (Å²) in [5.41, 5.74) is 3.14. The maximum Gasteiger partial charge on any atom is 0.298 e. The fourth-order valence-electron chi connectivity index (χ4n) is 4.40. The van der Waals surface area contributed by atoms with E-state index in [9.17, 15) is 4.79 Å². The average molecular weight is 425 g/mol. The van der Waals surface area contributed by atoms with Gasteiger partial charge in [0, 0.05) is 37.0 Å². The zero-order chi connectivity index (χ0) is 21.9. The van der Waals surface area contributed by atoms with Gasteiger partial charge in [0.2, 0.25) is 0 Å². The fourth-order valence-corrected chi connectivity index (χ4v) is 4.40. The number of aliphatic imine (C=N–C) groups is 1. The van der Waals surface area contributed by atoms with Crippen molar-refractivity contribution in [1.82, 2.24) is 15.1 Å². The topological polar surface area (TPSA) is 57.2 Å². The van der Waals surface area contributed by atoms with Crippen LogP contribution in [0.15, 0.2) is 77.7 Å². The molecule has 32 heavy (non-hydrogen) atoms. The summed E-state index contributed by atoms with van der Waals surface area (Å²) in [4.78, 5) is 20.6. The highest BCUT2D eigenvalue weighted by Crippen LogP contribution is 2.35. The summed E-state index contributed by atoms with van der Waals surface area (Å²) in [6.07, 6.45) is 6.69. The Bertz CT molecular complexity index is 1160. The molecule has 0 aromatic heterocycles. The largest absolute Gasteiger partial charge is 0.457 e. The minimum atomic E-state index is -0.0915. The van der Waals surface area contributed by atoms with Crippen molar-refractivity contribution in [2.75, 3.05) is 13.1 Å². The molecule has 3 heterocycles. The predicted octanol–water partition coefficient (Wildman–Crippen LogP) is 3.81. The molecule has 2 aromatic rings. The van der Waals surface area contributed by atoms with E-state index >= 15 is 0 Å². The highest BCUT2D eigenvalue weighted by molar-refractivity contribution is 5.94. The van der Waals surface area contributed by atoms with E-state index in [0.717, 1.165) is 41.4 Å². The van der Waals surface area contributed by atoms with Gasteiger partial charge < -0.3 is 19.9 Å². The highest BCUT2D eigenvalue weighted by Gasteiger charge is 2.40. The maximum atomic E-state index is 12.2. The van der Waals surface area contributed by atoms with Crippen molar-refractivity contribution in [2.45, 2.75) is 19.5 Å². The second kappa shape index (κ2) is 8.64. The van der Waals surface area contributed by atoms with Gasteiger partial charge in [0.15, 0.2) is 0 Å². The van der Waals surface area contributed by atoms with Gasteiger partial charge in [-0.2, -0.15) is 0 Å². The molecule has 1 N–H and O–H groups in total. The van der Waals surface area contributed by atoms with Crippen molar-refractivity contribution in [3.05, 3.63) is 78.3 Å². The lowest BCUT2D eigenvalue weighted by molar-refractivity contribution is -0.124. The molecule has 2 aromatic carbocycles. The number of benzene rings is 2. The van der Waals surface area contributed by atoms with E-state index in [1.54, 1.807) is 13.1 Å². The third-order valence-corrected chi connectivity index (χ3v) is 5.95. The van der Waals surface area contributed by atoms with Gasteiger partial charge in [-0.3, -0.25) is 9.79 Å². The molecule has 6 heteroatoms. The first-order valence-corrected chi connectivity index (χ1v) is 10.8. The first-order chi connectivity index (χ1) is 15.7. The first-order valence-electron chi connectivity index (χ1n) is 10.8. The summed E-state index contributed by atoms with van der Waals surface area (Å²) in [5, 5.41) is 3.70. The highest BCUT2D eigenvalue weighted by atomic mass is 16.5. The van der Waals surface area contributed by atoms with Crippen LogP contribution in [-0.4, -0.2) is 41.2 Å². The van der Waals surface area contributed by atoms with Gasteiger partial charge in [0.1, 0.15) is 17.7 Å². The number of para-hydroxylation sites is 1. The van der Waals surface area contributed by atoms with Gasteiger partial charge in [-0.1, -0.05) is 24.1 Å². The van der Waals surface area contributed by atoms with Crippen molar-refractivity contribution in [3.8, 4) is 23.3 Å². The van der Waals surface area contributed by atoms with Gasteiger partial charge >= 0.3 is 0 Å². The van der Waals surface area contributed by atoms with Crippen LogP contribution in [0.1, 0.15) is 18.9 Å². The SMILES string of the molecule is CC#CC(=O)N1CCC(C2NC(c3ccc(Oc4ccccc4)cc3)=C3C=NC=CN32)C1. The van der Waals surface area contributed by atoms with E-state index in [-0.39, 0.29) is 12.1 Å². The van der Waals surface area contributed by atoms with Crippen molar-refractivity contribution in [1.29, 1.82) is 0 Å². The third kappa shape index (κ3) is 3.85. The quantitative estimate of drug-likeness (QED) is 0.759. The van der Waals surface area contributed by atoms with Crippen LogP contribution >= 0.6 is 0 Å². The van der Waals surface area contributed by atoms with Gasteiger partial charge in [0.05, 0.1) is 17.6 Å². The standard InChI is InChI=1S/C26H24N4O2/c1-2-6-24(31)29-15-13-20(18-29)26-28-25(23-17-27-14-16-30(23)26)19-9-11-22(12-10-19)32-21-7-4-3-5-8-21/h3-5,7-12,14,16-17,20,26,28H,13,15,18H2,1H3. The molecule has 3 aliphatic rings. The van der Waals surface area contributed by atoms with E-state index in [1.807, 2.05) is 59.8 Å². The van der Waals surface area contributed by atoms with E-state index < -0.39 is 0 Å². The minimum absolute atomic E-state index is 0.0654. The Morgan fingerprint density at radius 1 is 1.12 bits per heavy atom. The Labute approximate surface area is 187 Å². The van der Waals surface area contributed by atoms with Crippen molar-refractivity contribution >= 4 is 17.8 Å². The molecule has 2 unspecified atom stereocenters. The molecule has 160 valence electrons.